The van der Waals surface area contributed by atoms with E-state index in [-0.39, 0.29) is 11.3 Å². The summed E-state index contributed by atoms with van der Waals surface area (Å²) in [7, 11) is 1.52. The van der Waals surface area contributed by atoms with Crippen LogP contribution in [0.3, 0.4) is 0 Å². The third-order valence-electron chi connectivity index (χ3n) is 3.55. The van der Waals surface area contributed by atoms with E-state index >= 15 is 0 Å². The highest BCUT2D eigenvalue weighted by atomic mass is 19.1. The predicted molar refractivity (Wildman–Crippen MR) is 91.6 cm³/mol. The van der Waals surface area contributed by atoms with Gasteiger partial charge in [-0.3, -0.25) is 14.4 Å². The van der Waals surface area contributed by atoms with Gasteiger partial charge in [-0.1, -0.05) is 0 Å². The van der Waals surface area contributed by atoms with Crippen LogP contribution in [0, 0.1) is 5.82 Å². The van der Waals surface area contributed by atoms with Gasteiger partial charge in [0.05, 0.1) is 7.11 Å². The molecule has 0 saturated heterocycles. The molecule has 7 heteroatoms. The van der Waals surface area contributed by atoms with E-state index in [0.717, 1.165) is 12.1 Å². The average Bonchev–Trinajstić information content (AvgIpc) is 2.66. The van der Waals surface area contributed by atoms with Gasteiger partial charge in [0.1, 0.15) is 18.1 Å². The maximum absolute atomic E-state index is 12.8. The number of methoxy groups -OCH3 is 1. The molecule has 1 atom stereocenters. The lowest BCUT2D eigenvalue weighted by Gasteiger charge is -2.13. The highest BCUT2D eigenvalue weighted by molar-refractivity contribution is 6.00. The molecule has 2 aromatic carbocycles. The summed E-state index contributed by atoms with van der Waals surface area (Å²) in [4.78, 5) is 35.9. The van der Waals surface area contributed by atoms with Gasteiger partial charge in [-0.2, -0.15) is 0 Å². The van der Waals surface area contributed by atoms with Crippen LogP contribution in [-0.4, -0.2) is 37.4 Å². The van der Waals surface area contributed by atoms with Crippen LogP contribution in [-0.2, 0) is 9.53 Å². The van der Waals surface area contributed by atoms with Crippen molar-refractivity contribution in [1.82, 2.24) is 5.32 Å². The summed E-state index contributed by atoms with van der Waals surface area (Å²) >= 11 is 0. The van der Waals surface area contributed by atoms with Crippen LogP contribution in [0.15, 0.2) is 48.5 Å². The summed E-state index contributed by atoms with van der Waals surface area (Å²) < 4.78 is 22.9. The zero-order valence-electron chi connectivity index (χ0n) is 14.3. The fraction of sp³-hybridized carbons (Fsp3) is 0.211. The van der Waals surface area contributed by atoms with E-state index in [1.165, 1.54) is 26.2 Å². The number of hydrogen-bond acceptors (Lipinski definition) is 5. The standard InChI is InChI=1S/C19H18FNO5/c1-12(18(23)13-5-9-16(25-2)10-6-13)26-17(22)11-21-19(24)14-3-7-15(20)8-4-14/h3-10,12H,11H2,1-2H3,(H,21,24)/t12-/m1/s1. The molecule has 0 aliphatic heterocycles. The van der Waals surface area contributed by atoms with Gasteiger partial charge in [-0.05, 0) is 55.5 Å². The lowest BCUT2D eigenvalue weighted by molar-refractivity contribution is -0.145. The summed E-state index contributed by atoms with van der Waals surface area (Å²) in [6, 6.07) is 11.3. The Labute approximate surface area is 149 Å². The molecule has 1 N–H and O–H groups in total. The molecule has 0 bridgehead atoms. The second-order valence-corrected chi connectivity index (χ2v) is 5.41. The number of ketones is 1. The van der Waals surface area contributed by atoms with Crippen molar-refractivity contribution < 1.29 is 28.2 Å². The van der Waals surface area contributed by atoms with Crippen LogP contribution < -0.4 is 10.1 Å². The third-order valence-corrected chi connectivity index (χ3v) is 3.55. The molecule has 0 unspecified atom stereocenters. The first-order valence-corrected chi connectivity index (χ1v) is 7.82. The Morgan fingerprint density at radius 3 is 2.15 bits per heavy atom. The van der Waals surface area contributed by atoms with Crippen LogP contribution in [0.4, 0.5) is 4.39 Å². The second kappa shape index (κ2) is 8.75. The first-order valence-electron chi connectivity index (χ1n) is 7.82. The quantitative estimate of drug-likeness (QED) is 0.606. The Kier molecular flexibility index (Phi) is 6.43. The zero-order chi connectivity index (χ0) is 19.1. The monoisotopic (exact) mass is 359 g/mol. The predicted octanol–water partition coefficient (Wildman–Crippen LogP) is 2.38. The SMILES string of the molecule is COc1ccc(C(=O)[C@@H](C)OC(=O)CNC(=O)c2ccc(F)cc2)cc1. The number of esters is 1. The number of nitrogens with one attached hydrogen (secondary N) is 1. The highest BCUT2D eigenvalue weighted by Crippen LogP contribution is 2.13. The number of benzene rings is 2. The number of carbonyl (C=O) groups is 3. The van der Waals surface area contributed by atoms with Crippen molar-refractivity contribution in [2.24, 2.45) is 0 Å². The maximum Gasteiger partial charge on any atom is 0.326 e. The van der Waals surface area contributed by atoms with E-state index in [1.54, 1.807) is 24.3 Å². The van der Waals surface area contributed by atoms with Gasteiger partial charge in [0.2, 0.25) is 5.78 Å². The summed E-state index contributed by atoms with van der Waals surface area (Å²) in [5, 5.41) is 2.35. The van der Waals surface area contributed by atoms with Crippen molar-refractivity contribution in [3.8, 4) is 5.75 Å². The van der Waals surface area contributed by atoms with Gasteiger partial charge in [-0.25, -0.2) is 4.39 Å². The molecule has 0 aliphatic carbocycles. The molecule has 6 nitrogen and oxygen atoms in total. The van der Waals surface area contributed by atoms with Crippen LogP contribution in [0.1, 0.15) is 27.6 Å². The molecule has 136 valence electrons. The Hall–Kier alpha value is -3.22. The minimum absolute atomic E-state index is 0.210. The molecule has 0 heterocycles. The molecule has 26 heavy (non-hydrogen) atoms. The summed E-state index contributed by atoms with van der Waals surface area (Å²) in [6.07, 6.45) is -1.00. The third kappa shape index (κ3) is 5.14. The lowest BCUT2D eigenvalue weighted by Crippen LogP contribution is -2.34. The fourth-order valence-corrected chi connectivity index (χ4v) is 2.14. The maximum atomic E-state index is 12.8. The normalized spacial score (nSPS) is 11.3. The first kappa shape index (κ1) is 19.1. The van der Waals surface area contributed by atoms with E-state index in [4.69, 9.17) is 9.47 Å². The van der Waals surface area contributed by atoms with Crippen LogP contribution in [0.5, 0.6) is 5.75 Å². The van der Waals surface area contributed by atoms with Gasteiger partial charge < -0.3 is 14.8 Å². The van der Waals surface area contributed by atoms with Crippen molar-refractivity contribution in [2.75, 3.05) is 13.7 Å². The van der Waals surface area contributed by atoms with Crippen LogP contribution in [0.25, 0.3) is 0 Å². The number of halogens is 1. The van der Waals surface area contributed by atoms with Crippen LogP contribution in [0.2, 0.25) is 0 Å². The smallest absolute Gasteiger partial charge is 0.326 e. The molecule has 0 aliphatic rings. The number of Topliss-reactive ketones (excluding diaryl/α,β-unsaturated/α-hetero) is 1. The van der Waals surface area contributed by atoms with Crippen molar-refractivity contribution in [3.63, 3.8) is 0 Å². The molecule has 0 saturated carbocycles. The molecule has 0 spiro atoms. The van der Waals surface area contributed by atoms with Gasteiger partial charge in [0.15, 0.2) is 6.10 Å². The topological polar surface area (TPSA) is 81.7 Å². The molecular formula is C19H18FNO5. The summed E-state index contributed by atoms with van der Waals surface area (Å²) in [5.41, 5.74) is 0.586. The van der Waals surface area contributed by atoms with Crippen molar-refractivity contribution >= 4 is 17.7 Å². The minimum atomic E-state index is -1.00. The Morgan fingerprint density at radius 1 is 1.00 bits per heavy atom. The Morgan fingerprint density at radius 2 is 1.58 bits per heavy atom. The average molecular weight is 359 g/mol. The minimum Gasteiger partial charge on any atom is -0.497 e. The summed E-state index contributed by atoms with van der Waals surface area (Å²) in [5.74, 6) is -1.53. The number of carbonyl (C=O) groups excluding carboxylic acids is 3. The van der Waals surface area contributed by atoms with E-state index < -0.39 is 30.3 Å². The number of amides is 1. The molecule has 0 aromatic heterocycles. The Bertz CT molecular complexity index is 787. The Balaban J connectivity index is 1.85. The molecular weight excluding hydrogens is 341 g/mol. The zero-order valence-corrected chi connectivity index (χ0v) is 14.3. The van der Waals surface area contributed by atoms with Gasteiger partial charge in [0.25, 0.3) is 5.91 Å². The van der Waals surface area contributed by atoms with E-state index in [0.29, 0.717) is 11.3 Å². The number of hydrogen-bond donors (Lipinski definition) is 1. The first-order chi connectivity index (χ1) is 12.4. The van der Waals surface area contributed by atoms with Crippen molar-refractivity contribution in [2.45, 2.75) is 13.0 Å². The second-order valence-electron chi connectivity index (χ2n) is 5.41. The van der Waals surface area contributed by atoms with Crippen molar-refractivity contribution in [1.29, 1.82) is 0 Å². The summed E-state index contributed by atoms with van der Waals surface area (Å²) in [6.45, 7) is 1.04. The van der Waals surface area contributed by atoms with Crippen molar-refractivity contribution in [3.05, 3.63) is 65.5 Å². The van der Waals surface area contributed by atoms with Crippen LogP contribution >= 0.6 is 0 Å². The number of ether oxygens (including phenoxy) is 2. The fourth-order valence-electron chi connectivity index (χ4n) is 2.14. The van der Waals surface area contributed by atoms with Gasteiger partial charge in [0, 0.05) is 11.1 Å². The molecule has 0 fully saturated rings. The molecule has 2 rings (SSSR count). The van der Waals surface area contributed by atoms with Gasteiger partial charge >= 0.3 is 5.97 Å². The lowest BCUT2D eigenvalue weighted by atomic mass is 10.1. The van der Waals surface area contributed by atoms with Gasteiger partial charge in [-0.15, -0.1) is 0 Å². The molecule has 1 amide bonds. The molecule has 0 radical (unpaired) electrons. The largest absolute Gasteiger partial charge is 0.497 e. The molecule has 2 aromatic rings. The number of rotatable bonds is 7. The van der Waals surface area contributed by atoms with E-state index in [2.05, 4.69) is 5.32 Å². The van der Waals surface area contributed by atoms with E-state index in [9.17, 15) is 18.8 Å². The highest BCUT2D eigenvalue weighted by Gasteiger charge is 2.20. The van der Waals surface area contributed by atoms with E-state index in [1.807, 2.05) is 0 Å².